The van der Waals surface area contributed by atoms with Crippen LogP contribution in [-0.4, -0.2) is 20.3 Å². The van der Waals surface area contributed by atoms with Crippen LogP contribution in [-0.2, 0) is 0 Å². The second kappa shape index (κ2) is 4.60. The number of aromatic nitrogens is 3. The first-order chi connectivity index (χ1) is 9.15. The second-order valence-corrected chi connectivity index (χ2v) is 4.51. The largest absolute Gasteiger partial charge is 0.382 e. The zero-order valence-electron chi connectivity index (χ0n) is 9.64. The molecule has 6 heteroatoms. The molecule has 0 spiro atoms. The van der Waals surface area contributed by atoms with E-state index in [9.17, 15) is 9.50 Å². The molecule has 1 unspecified atom stereocenters. The Kier molecular flexibility index (Phi) is 2.93. The number of hydrogen-bond donors (Lipinski definition) is 2. The van der Waals surface area contributed by atoms with E-state index in [0.29, 0.717) is 16.8 Å². The fourth-order valence-electron chi connectivity index (χ4n) is 1.94. The minimum Gasteiger partial charge on any atom is -0.382 e. The summed E-state index contributed by atoms with van der Waals surface area (Å²) in [6, 6.07) is 7.23. The minimum atomic E-state index is -0.998. The topological polar surface area (TPSA) is 61.8 Å². The van der Waals surface area contributed by atoms with E-state index in [1.807, 2.05) is 0 Å². The molecule has 0 aliphatic heterocycles. The summed E-state index contributed by atoms with van der Waals surface area (Å²) in [5.74, 6) is -0.360. The van der Waals surface area contributed by atoms with E-state index < -0.39 is 6.10 Å². The van der Waals surface area contributed by atoms with Crippen molar-refractivity contribution in [2.45, 2.75) is 6.10 Å². The molecule has 19 heavy (non-hydrogen) atoms. The molecule has 4 nitrogen and oxygen atoms in total. The number of nitrogens with zero attached hydrogens (tertiary/aromatic N) is 2. The molecular formula is C13H9ClFN3O. The van der Waals surface area contributed by atoms with Gasteiger partial charge in [-0.15, -0.1) is 0 Å². The summed E-state index contributed by atoms with van der Waals surface area (Å²) < 4.78 is 12.9. The van der Waals surface area contributed by atoms with Gasteiger partial charge in [-0.2, -0.15) is 5.10 Å². The van der Waals surface area contributed by atoms with Gasteiger partial charge in [0.1, 0.15) is 22.8 Å². The summed E-state index contributed by atoms with van der Waals surface area (Å²) in [6.45, 7) is 0. The highest BCUT2D eigenvalue weighted by Crippen LogP contribution is 2.28. The summed E-state index contributed by atoms with van der Waals surface area (Å²) >= 11 is 5.91. The highest BCUT2D eigenvalue weighted by Gasteiger charge is 2.17. The number of rotatable bonds is 2. The van der Waals surface area contributed by atoms with Gasteiger partial charge in [0, 0.05) is 5.39 Å². The van der Waals surface area contributed by atoms with Crippen molar-refractivity contribution in [3.8, 4) is 0 Å². The van der Waals surface area contributed by atoms with Gasteiger partial charge in [-0.25, -0.2) is 9.37 Å². The molecule has 0 aliphatic rings. The summed E-state index contributed by atoms with van der Waals surface area (Å²) in [5.41, 5.74) is 1.51. The van der Waals surface area contributed by atoms with E-state index in [1.165, 1.54) is 24.3 Å². The van der Waals surface area contributed by atoms with E-state index in [2.05, 4.69) is 15.2 Å². The number of benzene rings is 1. The number of nitrogens with one attached hydrogen (secondary N) is 1. The third kappa shape index (κ3) is 2.18. The fourth-order valence-corrected chi connectivity index (χ4v) is 2.15. The number of aromatic amines is 1. The second-order valence-electron chi connectivity index (χ2n) is 4.12. The number of halogens is 2. The first kappa shape index (κ1) is 12.1. The average molecular weight is 278 g/mol. The lowest BCUT2D eigenvalue weighted by molar-refractivity contribution is 0.217. The lowest BCUT2D eigenvalue weighted by Gasteiger charge is -2.11. The van der Waals surface area contributed by atoms with Crippen LogP contribution in [0.15, 0.2) is 36.5 Å². The molecule has 0 bridgehead atoms. The van der Waals surface area contributed by atoms with Gasteiger partial charge < -0.3 is 5.11 Å². The normalized spacial score (nSPS) is 12.8. The van der Waals surface area contributed by atoms with Crippen molar-refractivity contribution in [3.05, 3.63) is 58.8 Å². The number of aliphatic hydroxyl groups excluding tert-OH is 1. The van der Waals surface area contributed by atoms with Crippen LogP contribution < -0.4 is 0 Å². The highest BCUT2D eigenvalue weighted by atomic mass is 35.5. The van der Waals surface area contributed by atoms with Crippen molar-refractivity contribution in [2.75, 3.05) is 0 Å². The Labute approximate surface area is 112 Å². The number of pyridine rings is 1. The predicted molar refractivity (Wildman–Crippen MR) is 69.4 cm³/mol. The van der Waals surface area contributed by atoms with Crippen molar-refractivity contribution < 1.29 is 9.50 Å². The SMILES string of the molecule is OC(c1ccc(F)cc1)c1nc(Cl)cc2cn[nH]c12. The number of fused-ring (bicyclic) bond motifs is 1. The Bertz CT molecular complexity index is 726. The first-order valence-electron chi connectivity index (χ1n) is 5.58. The van der Waals surface area contributed by atoms with Crippen LogP contribution in [0, 0.1) is 5.82 Å². The van der Waals surface area contributed by atoms with Crippen LogP contribution in [0.3, 0.4) is 0 Å². The quantitative estimate of drug-likeness (QED) is 0.708. The summed E-state index contributed by atoms with van der Waals surface area (Å²) in [6.07, 6.45) is 0.603. The zero-order valence-corrected chi connectivity index (χ0v) is 10.4. The van der Waals surface area contributed by atoms with E-state index in [4.69, 9.17) is 11.6 Å². The maximum Gasteiger partial charge on any atom is 0.130 e. The lowest BCUT2D eigenvalue weighted by atomic mass is 10.0. The van der Waals surface area contributed by atoms with Crippen LogP contribution in [0.1, 0.15) is 17.4 Å². The fraction of sp³-hybridized carbons (Fsp3) is 0.0769. The molecule has 0 aliphatic carbocycles. The first-order valence-corrected chi connectivity index (χ1v) is 5.96. The molecule has 96 valence electrons. The van der Waals surface area contributed by atoms with Gasteiger partial charge in [0.2, 0.25) is 0 Å². The van der Waals surface area contributed by atoms with E-state index in [-0.39, 0.29) is 11.0 Å². The Morgan fingerprint density at radius 2 is 2.00 bits per heavy atom. The summed E-state index contributed by atoms with van der Waals surface area (Å²) in [4.78, 5) is 4.12. The molecule has 0 saturated heterocycles. The van der Waals surface area contributed by atoms with Gasteiger partial charge in [-0.05, 0) is 23.8 Å². The van der Waals surface area contributed by atoms with Gasteiger partial charge in [0.05, 0.1) is 11.7 Å². The predicted octanol–water partition coefficient (Wildman–Crippen LogP) is 2.83. The van der Waals surface area contributed by atoms with Crippen LogP contribution in [0.2, 0.25) is 5.15 Å². The molecule has 2 N–H and O–H groups in total. The Morgan fingerprint density at radius 3 is 2.74 bits per heavy atom. The zero-order chi connectivity index (χ0) is 13.4. The molecule has 1 aromatic carbocycles. The van der Waals surface area contributed by atoms with Gasteiger partial charge in [0.25, 0.3) is 0 Å². The molecular weight excluding hydrogens is 269 g/mol. The van der Waals surface area contributed by atoms with Crippen LogP contribution in [0.4, 0.5) is 4.39 Å². The maximum absolute atomic E-state index is 12.9. The lowest BCUT2D eigenvalue weighted by Crippen LogP contribution is -2.04. The molecule has 0 fully saturated rings. The van der Waals surface area contributed by atoms with E-state index in [1.54, 1.807) is 12.3 Å². The minimum absolute atomic E-state index is 0.269. The smallest absolute Gasteiger partial charge is 0.130 e. The van der Waals surface area contributed by atoms with E-state index in [0.717, 1.165) is 5.39 Å². The molecule has 3 rings (SSSR count). The molecule has 0 radical (unpaired) electrons. The van der Waals surface area contributed by atoms with Crippen LogP contribution in [0.25, 0.3) is 10.9 Å². The Balaban J connectivity index is 2.12. The molecule has 3 aromatic rings. The third-order valence-corrected chi connectivity index (χ3v) is 3.07. The van der Waals surface area contributed by atoms with Gasteiger partial charge >= 0.3 is 0 Å². The van der Waals surface area contributed by atoms with Crippen molar-refractivity contribution in [1.29, 1.82) is 0 Å². The average Bonchev–Trinajstić information content (AvgIpc) is 2.85. The van der Waals surface area contributed by atoms with Crippen LogP contribution in [0.5, 0.6) is 0 Å². The molecule has 0 amide bonds. The molecule has 0 saturated carbocycles. The van der Waals surface area contributed by atoms with Gasteiger partial charge in [-0.3, -0.25) is 5.10 Å². The monoisotopic (exact) mass is 277 g/mol. The number of hydrogen-bond acceptors (Lipinski definition) is 3. The maximum atomic E-state index is 12.9. The Morgan fingerprint density at radius 1 is 1.26 bits per heavy atom. The van der Waals surface area contributed by atoms with Crippen LogP contribution >= 0.6 is 11.6 Å². The van der Waals surface area contributed by atoms with Gasteiger partial charge in [-0.1, -0.05) is 23.7 Å². The molecule has 2 heterocycles. The highest BCUT2D eigenvalue weighted by molar-refractivity contribution is 6.30. The van der Waals surface area contributed by atoms with E-state index >= 15 is 0 Å². The number of aliphatic hydroxyl groups is 1. The molecule has 1 atom stereocenters. The summed E-state index contributed by atoms with van der Waals surface area (Å²) in [7, 11) is 0. The van der Waals surface area contributed by atoms with Gasteiger partial charge in [0.15, 0.2) is 0 Å². The number of H-pyrrole nitrogens is 1. The molecule has 2 aromatic heterocycles. The summed E-state index contributed by atoms with van der Waals surface area (Å²) in [5, 5.41) is 18.0. The standard InChI is InChI=1S/C13H9ClFN3O/c14-10-5-8-6-16-18-11(8)12(17-10)13(19)7-1-3-9(15)4-2-7/h1-6,13,19H,(H,16,18). The van der Waals surface area contributed by atoms with Crippen molar-refractivity contribution in [3.63, 3.8) is 0 Å². The van der Waals surface area contributed by atoms with Crippen molar-refractivity contribution >= 4 is 22.5 Å². The third-order valence-electron chi connectivity index (χ3n) is 2.87. The van der Waals surface area contributed by atoms with Crippen molar-refractivity contribution in [1.82, 2.24) is 15.2 Å². The van der Waals surface area contributed by atoms with Crippen molar-refractivity contribution in [2.24, 2.45) is 0 Å². The Hall–Kier alpha value is -1.98.